The summed E-state index contributed by atoms with van der Waals surface area (Å²) < 4.78 is 20.1. The molecule has 1 fully saturated rings. The van der Waals surface area contributed by atoms with E-state index in [0.29, 0.717) is 22.6 Å². The van der Waals surface area contributed by atoms with Crippen molar-refractivity contribution < 1.29 is 18.7 Å². The van der Waals surface area contributed by atoms with Gasteiger partial charge >= 0.3 is 6.09 Å². The average Bonchev–Trinajstić information content (AvgIpc) is 3.37. The second kappa shape index (κ2) is 8.71. The third-order valence-electron chi connectivity index (χ3n) is 5.10. The lowest BCUT2D eigenvalue weighted by Gasteiger charge is -2.15. The van der Waals surface area contributed by atoms with Crippen LogP contribution in [0.15, 0.2) is 42.5 Å². The van der Waals surface area contributed by atoms with E-state index in [2.05, 4.69) is 20.7 Å². The molecule has 0 bridgehead atoms. The van der Waals surface area contributed by atoms with Gasteiger partial charge in [0, 0.05) is 12.5 Å². The summed E-state index contributed by atoms with van der Waals surface area (Å²) in [6, 6.07) is 11.1. The van der Waals surface area contributed by atoms with Crippen molar-refractivity contribution in [3.63, 3.8) is 0 Å². The molecule has 10 nitrogen and oxygen atoms in total. The van der Waals surface area contributed by atoms with Crippen molar-refractivity contribution in [2.24, 2.45) is 12.8 Å². The van der Waals surface area contributed by atoms with Crippen molar-refractivity contribution in [3.8, 4) is 11.1 Å². The molecule has 32 heavy (non-hydrogen) atoms. The van der Waals surface area contributed by atoms with E-state index in [1.807, 2.05) is 0 Å². The van der Waals surface area contributed by atoms with Crippen LogP contribution in [0.3, 0.4) is 0 Å². The van der Waals surface area contributed by atoms with Crippen LogP contribution in [0.1, 0.15) is 24.4 Å². The van der Waals surface area contributed by atoms with Crippen LogP contribution in [-0.2, 0) is 16.6 Å². The molecule has 3 aromatic rings. The van der Waals surface area contributed by atoms with Gasteiger partial charge in [0.2, 0.25) is 5.91 Å². The van der Waals surface area contributed by atoms with Gasteiger partial charge in [0.15, 0.2) is 5.82 Å². The molecule has 1 aliphatic rings. The predicted molar refractivity (Wildman–Crippen MR) is 113 cm³/mol. The van der Waals surface area contributed by atoms with Gasteiger partial charge in [0.05, 0.1) is 31.9 Å². The topological polar surface area (TPSA) is 128 Å². The van der Waals surface area contributed by atoms with E-state index in [1.165, 1.54) is 22.7 Å². The highest BCUT2D eigenvalue weighted by atomic mass is 19.1. The van der Waals surface area contributed by atoms with Crippen LogP contribution in [0.5, 0.6) is 0 Å². The molecule has 1 unspecified atom stereocenters. The van der Waals surface area contributed by atoms with E-state index >= 15 is 0 Å². The fourth-order valence-electron chi connectivity index (χ4n) is 3.44. The van der Waals surface area contributed by atoms with Crippen molar-refractivity contribution in [2.75, 3.05) is 18.0 Å². The van der Waals surface area contributed by atoms with Crippen LogP contribution >= 0.6 is 0 Å². The number of nitrogens with two attached hydrogens (primary N) is 1. The standard InChI is InChI=1S/C21H22FN7O3/c1-12(30)24-10-16-11-29(21(31)32-16)15-7-8-17(18(22)9-15)13-3-5-14(6-4-13)19(23)20-25-27-28(2)26-20/h3-9,16,19H,10-11,23H2,1-2H3,(H,24,30)/t16-,19?/m0/s1. The lowest BCUT2D eigenvalue weighted by atomic mass is 10.00. The SMILES string of the molecule is CC(=O)NC[C@H]1CN(c2ccc(-c3ccc(C(N)c4nnn(C)n4)cc3)c(F)c2)C(=O)O1. The molecule has 166 valence electrons. The number of carbonyl (C=O) groups is 2. The quantitative estimate of drug-likeness (QED) is 0.596. The summed E-state index contributed by atoms with van der Waals surface area (Å²) in [5.74, 6) is -0.298. The van der Waals surface area contributed by atoms with Gasteiger partial charge in [-0.2, -0.15) is 4.80 Å². The zero-order valence-corrected chi connectivity index (χ0v) is 17.5. The molecule has 2 heterocycles. The molecule has 1 saturated heterocycles. The number of halogens is 1. The molecule has 0 radical (unpaired) electrons. The molecule has 0 saturated carbocycles. The number of benzene rings is 2. The number of cyclic esters (lactones) is 1. The molecule has 11 heteroatoms. The van der Waals surface area contributed by atoms with Crippen molar-refractivity contribution >= 4 is 17.7 Å². The van der Waals surface area contributed by atoms with Gasteiger partial charge in [0.1, 0.15) is 11.9 Å². The smallest absolute Gasteiger partial charge is 0.414 e. The maximum absolute atomic E-state index is 14.9. The fraction of sp³-hybridized carbons (Fsp3) is 0.286. The molecule has 2 aromatic carbocycles. The number of amides is 2. The first kappa shape index (κ1) is 21.4. The minimum Gasteiger partial charge on any atom is -0.442 e. The third kappa shape index (κ3) is 4.42. The van der Waals surface area contributed by atoms with Gasteiger partial charge in [-0.3, -0.25) is 9.69 Å². The third-order valence-corrected chi connectivity index (χ3v) is 5.10. The Morgan fingerprint density at radius 3 is 2.69 bits per heavy atom. The van der Waals surface area contributed by atoms with Crippen LogP contribution in [0, 0.1) is 5.82 Å². The van der Waals surface area contributed by atoms with E-state index in [1.54, 1.807) is 43.4 Å². The highest BCUT2D eigenvalue weighted by molar-refractivity contribution is 5.90. The molecule has 3 N–H and O–H groups in total. The number of hydrogen-bond donors (Lipinski definition) is 2. The highest BCUT2D eigenvalue weighted by Crippen LogP contribution is 2.30. The van der Waals surface area contributed by atoms with E-state index in [9.17, 15) is 14.0 Å². The van der Waals surface area contributed by atoms with Crippen molar-refractivity contribution in [1.29, 1.82) is 0 Å². The first-order valence-corrected chi connectivity index (χ1v) is 9.94. The van der Waals surface area contributed by atoms with Crippen molar-refractivity contribution in [2.45, 2.75) is 19.1 Å². The van der Waals surface area contributed by atoms with E-state index in [4.69, 9.17) is 10.5 Å². The lowest BCUT2D eigenvalue weighted by molar-refractivity contribution is -0.119. The van der Waals surface area contributed by atoms with Crippen molar-refractivity contribution in [1.82, 2.24) is 25.5 Å². The van der Waals surface area contributed by atoms with Crippen LogP contribution in [0.25, 0.3) is 11.1 Å². The normalized spacial score (nSPS) is 16.7. The number of nitrogens with one attached hydrogen (secondary N) is 1. The number of aryl methyl sites for hydroxylation is 1. The summed E-state index contributed by atoms with van der Waals surface area (Å²) in [6.07, 6.45) is -1.07. The average molecular weight is 439 g/mol. The zero-order chi connectivity index (χ0) is 22.8. The van der Waals surface area contributed by atoms with Gasteiger partial charge in [-0.05, 0) is 34.5 Å². The summed E-state index contributed by atoms with van der Waals surface area (Å²) in [5, 5.41) is 14.4. The maximum Gasteiger partial charge on any atom is 0.414 e. The Morgan fingerprint density at radius 1 is 1.31 bits per heavy atom. The summed E-state index contributed by atoms with van der Waals surface area (Å²) in [5.41, 5.74) is 8.37. The van der Waals surface area contributed by atoms with Crippen LogP contribution < -0.4 is 16.0 Å². The molecule has 4 rings (SSSR count). The maximum atomic E-state index is 14.9. The lowest BCUT2D eigenvalue weighted by Crippen LogP contribution is -2.33. The summed E-state index contributed by atoms with van der Waals surface area (Å²) in [7, 11) is 1.66. The van der Waals surface area contributed by atoms with Gasteiger partial charge in [-0.25, -0.2) is 9.18 Å². The van der Waals surface area contributed by atoms with Crippen LogP contribution in [0.4, 0.5) is 14.9 Å². The van der Waals surface area contributed by atoms with Crippen LogP contribution in [0.2, 0.25) is 0 Å². The number of aromatic nitrogens is 4. The zero-order valence-electron chi connectivity index (χ0n) is 17.5. The molecular weight excluding hydrogens is 417 g/mol. The Balaban J connectivity index is 1.49. The molecule has 1 aliphatic heterocycles. The Hall–Kier alpha value is -3.86. The van der Waals surface area contributed by atoms with Crippen molar-refractivity contribution in [3.05, 3.63) is 59.7 Å². The Kier molecular flexibility index (Phi) is 5.82. The number of tetrazole rings is 1. The fourth-order valence-corrected chi connectivity index (χ4v) is 3.44. The van der Waals surface area contributed by atoms with Gasteiger partial charge in [0.25, 0.3) is 0 Å². The van der Waals surface area contributed by atoms with E-state index in [0.717, 1.165) is 5.56 Å². The van der Waals surface area contributed by atoms with Crippen LogP contribution in [-0.4, -0.2) is 51.4 Å². The summed E-state index contributed by atoms with van der Waals surface area (Å²) >= 11 is 0. The minimum absolute atomic E-state index is 0.205. The number of carbonyl (C=O) groups excluding carboxylic acids is 2. The van der Waals surface area contributed by atoms with Gasteiger partial charge in [-0.1, -0.05) is 24.3 Å². The first-order valence-electron chi connectivity index (χ1n) is 9.94. The number of rotatable bonds is 6. The number of hydrogen-bond acceptors (Lipinski definition) is 7. The highest BCUT2D eigenvalue weighted by Gasteiger charge is 2.32. The summed E-state index contributed by atoms with van der Waals surface area (Å²) in [4.78, 5) is 25.9. The first-order chi connectivity index (χ1) is 15.3. The van der Waals surface area contributed by atoms with Gasteiger partial charge < -0.3 is 15.8 Å². The number of nitrogens with zero attached hydrogens (tertiary/aromatic N) is 5. The largest absolute Gasteiger partial charge is 0.442 e. The molecular formula is C21H22FN7O3. The van der Waals surface area contributed by atoms with E-state index in [-0.39, 0.29) is 19.0 Å². The molecule has 2 amide bonds. The molecule has 2 atom stereocenters. The number of anilines is 1. The summed E-state index contributed by atoms with van der Waals surface area (Å²) in [6.45, 7) is 1.81. The molecule has 0 aliphatic carbocycles. The second-order valence-electron chi connectivity index (χ2n) is 7.45. The predicted octanol–water partition coefficient (Wildman–Crippen LogP) is 1.53. The number of ether oxygens (including phenoxy) is 1. The van der Waals surface area contributed by atoms with Gasteiger partial charge in [-0.15, -0.1) is 10.2 Å². The Labute approximate surface area is 183 Å². The minimum atomic E-state index is -0.580. The molecule has 1 aromatic heterocycles. The van der Waals surface area contributed by atoms with E-state index < -0.39 is 24.1 Å². The molecule has 0 spiro atoms. The Morgan fingerprint density at radius 2 is 2.06 bits per heavy atom. The Bertz CT molecular complexity index is 1150. The second-order valence-corrected chi connectivity index (χ2v) is 7.45. The monoisotopic (exact) mass is 439 g/mol.